The zero-order valence-electron chi connectivity index (χ0n) is 13.6. The van der Waals surface area contributed by atoms with Gasteiger partial charge < -0.3 is 21.2 Å². The molecule has 1 aliphatic heterocycles. The number of nitrogens with one attached hydrogen (secondary N) is 1. The predicted octanol–water partition coefficient (Wildman–Crippen LogP) is 1.53. The third kappa shape index (κ3) is 4.09. The molecule has 0 radical (unpaired) electrons. The molecule has 4 N–H and O–H groups in total. The molecule has 1 amide bonds. The first-order valence-corrected chi connectivity index (χ1v) is 7.98. The summed E-state index contributed by atoms with van der Waals surface area (Å²) in [5, 5.41) is 15.2. The summed E-state index contributed by atoms with van der Waals surface area (Å²) in [4.78, 5) is 15.0. The highest BCUT2D eigenvalue weighted by Crippen LogP contribution is 2.31. The largest absolute Gasteiger partial charge is 0.409 e. The first kappa shape index (κ1) is 17.8. The maximum atomic E-state index is 12.7. The van der Waals surface area contributed by atoms with Crippen LogP contribution in [0.3, 0.4) is 0 Å². The Bertz CT molecular complexity index is 365. The van der Waals surface area contributed by atoms with E-state index in [2.05, 4.69) is 22.4 Å². The van der Waals surface area contributed by atoms with Gasteiger partial charge in [-0.25, -0.2) is 0 Å². The number of hydrogen-bond acceptors (Lipinski definition) is 4. The zero-order chi connectivity index (χ0) is 15.9. The highest BCUT2D eigenvalue weighted by molar-refractivity contribution is 6.06. The number of carbonyl (C=O) groups is 1. The van der Waals surface area contributed by atoms with Crippen LogP contribution < -0.4 is 11.1 Å². The van der Waals surface area contributed by atoms with E-state index in [1.54, 1.807) is 0 Å². The Morgan fingerprint density at radius 2 is 2.05 bits per heavy atom. The molecule has 0 spiro atoms. The van der Waals surface area contributed by atoms with Crippen LogP contribution in [0.5, 0.6) is 0 Å². The lowest BCUT2D eigenvalue weighted by Crippen LogP contribution is -2.52. The molecule has 0 aromatic heterocycles. The van der Waals surface area contributed by atoms with E-state index < -0.39 is 5.41 Å². The van der Waals surface area contributed by atoms with Crippen LogP contribution >= 0.6 is 0 Å². The van der Waals surface area contributed by atoms with Crippen molar-refractivity contribution in [3.63, 3.8) is 0 Å². The van der Waals surface area contributed by atoms with Crippen molar-refractivity contribution in [3.8, 4) is 0 Å². The number of nitrogens with zero attached hydrogens (tertiary/aromatic N) is 2. The molecular weight excluding hydrogens is 268 g/mol. The second-order valence-electron chi connectivity index (χ2n) is 6.05. The maximum absolute atomic E-state index is 12.7. The van der Waals surface area contributed by atoms with Gasteiger partial charge in [0.25, 0.3) is 0 Å². The minimum absolute atomic E-state index is 0.0310. The number of likely N-dealkylation sites (N-methyl/N-ethyl adjacent to an activating group) is 1. The first-order chi connectivity index (χ1) is 10.0. The van der Waals surface area contributed by atoms with Gasteiger partial charge in [0.2, 0.25) is 5.91 Å². The van der Waals surface area contributed by atoms with Crippen LogP contribution in [0.1, 0.15) is 52.4 Å². The van der Waals surface area contributed by atoms with Gasteiger partial charge in [-0.15, -0.1) is 0 Å². The van der Waals surface area contributed by atoms with Gasteiger partial charge in [0, 0.05) is 12.6 Å². The average molecular weight is 298 g/mol. The summed E-state index contributed by atoms with van der Waals surface area (Å²) in [6.45, 7) is 5.72. The van der Waals surface area contributed by atoms with Gasteiger partial charge in [-0.1, -0.05) is 31.8 Å². The van der Waals surface area contributed by atoms with Crippen LogP contribution in [0.15, 0.2) is 5.16 Å². The Morgan fingerprint density at radius 1 is 1.43 bits per heavy atom. The number of likely N-dealkylation sites (tertiary alicyclic amines) is 1. The second kappa shape index (κ2) is 8.22. The molecule has 6 nitrogen and oxygen atoms in total. The summed E-state index contributed by atoms with van der Waals surface area (Å²) >= 11 is 0. The van der Waals surface area contributed by atoms with E-state index in [1.807, 2.05) is 13.8 Å². The highest BCUT2D eigenvalue weighted by atomic mass is 16.4. The molecule has 0 aromatic carbocycles. The van der Waals surface area contributed by atoms with Gasteiger partial charge in [0.15, 0.2) is 5.84 Å². The third-order valence-corrected chi connectivity index (χ3v) is 4.56. The van der Waals surface area contributed by atoms with Gasteiger partial charge in [-0.2, -0.15) is 0 Å². The number of nitrogens with two attached hydrogens (primary N) is 1. The summed E-state index contributed by atoms with van der Waals surface area (Å²) in [5.41, 5.74) is 4.99. The molecule has 1 unspecified atom stereocenters. The Balaban J connectivity index is 2.78. The predicted molar refractivity (Wildman–Crippen MR) is 84.3 cm³/mol. The standard InChI is InChI=1S/C15H30N4O2/c1-4-8-15(9-5-2,13(16)18-21)14(20)17-11-12-7-6-10-19(12)3/h12,21H,4-11H2,1-3H3,(H2,16,18)(H,17,20). The first-order valence-electron chi connectivity index (χ1n) is 7.98. The van der Waals surface area contributed by atoms with Crippen LogP contribution in [-0.4, -0.2) is 48.0 Å². The summed E-state index contributed by atoms with van der Waals surface area (Å²) < 4.78 is 0. The molecule has 6 heteroatoms. The fourth-order valence-corrected chi connectivity index (χ4v) is 3.29. The Hall–Kier alpha value is -1.30. The van der Waals surface area contributed by atoms with Crippen molar-refractivity contribution in [2.45, 2.75) is 58.4 Å². The molecule has 21 heavy (non-hydrogen) atoms. The minimum Gasteiger partial charge on any atom is -0.409 e. The van der Waals surface area contributed by atoms with Gasteiger partial charge >= 0.3 is 0 Å². The SMILES string of the molecule is CCCC(CCC)(C(=O)NCC1CCCN1C)C(N)=NO. The molecule has 0 aromatic rings. The van der Waals surface area contributed by atoms with E-state index in [1.165, 1.54) is 6.42 Å². The molecule has 1 aliphatic rings. The molecule has 1 heterocycles. The van der Waals surface area contributed by atoms with Crippen molar-refractivity contribution in [1.82, 2.24) is 10.2 Å². The van der Waals surface area contributed by atoms with Crippen molar-refractivity contribution >= 4 is 11.7 Å². The van der Waals surface area contributed by atoms with Crippen molar-refractivity contribution in [3.05, 3.63) is 0 Å². The van der Waals surface area contributed by atoms with Crippen LogP contribution in [-0.2, 0) is 4.79 Å². The molecule has 1 fully saturated rings. The van der Waals surface area contributed by atoms with Gasteiger partial charge in [0.1, 0.15) is 5.41 Å². The van der Waals surface area contributed by atoms with Gasteiger partial charge in [0.05, 0.1) is 0 Å². The van der Waals surface area contributed by atoms with E-state index in [-0.39, 0.29) is 11.7 Å². The number of rotatable bonds is 8. The van der Waals surface area contributed by atoms with Gasteiger partial charge in [-0.3, -0.25) is 4.79 Å². The van der Waals surface area contributed by atoms with Crippen molar-refractivity contribution in [2.24, 2.45) is 16.3 Å². The van der Waals surface area contributed by atoms with Crippen molar-refractivity contribution in [1.29, 1.82) is 0 Å². The summed E-state index contributed by atoms with van der Waals surface area (Å²) in [6.07, 6.45) is 5.10. The quantitative estimate of drug-likeness (QED) is 0.274. The van der Waals surface area contributed by atoms with E-state index in [9.17, 15) is 4.79 Å². The molecule has 1 rings (SSSR count). The van der Waals surface area contributed by atoms with E-state index in [0.29, 0.717) is 25.4 Å². The van der Waals surface area contributed by atoms with E-state index >= 15 is 0 Å². The summed E-state index contributed by atoms with van der Waals surface area (Å²) in [6, 6.07) is 0.391. The lowest BCUT2D eigenvalue weighted by atomic mass is 9.77. The van der Waals surface area contributed by atoms with E-state index in [4.69, 9.17) is 10.9 Å². The zero-order valence-corrected chi connectivity index (χ0v) is 13.6. The normalized spacial score (nSPS) is 20.7. The number of amidine groups is 1. The Labute approximate surface area is 127 Å². The number of carbonyl (C=O) groups excluding carboxylic acids is 1. The average Bonchev–Trinajstić information content (AvgIpc) is 2.88. The molecule has 0 aliphatic carbocycles. The topological polar surface area (TPSA) is 91.0 Å². The van der Waals surface area contributed by atoms with Gasteiger partial charge in [-0.05, 0) is 39.3 Å². The highest BCUT2D eigenvalue weighted by Gasteiger charge is 2.41. The minimum atomic E-state index is -0.880. The molecule has 1 atom stereocenters. The molecular formula is C15H30N4O2. The van der Waals surface area contributed by atoms with Crippen molar-refractivity contribution in [2.75, 3.05) is 20.1 Å². The lowest BCUT2D eigenvalue weighted by Gasteiger charge is -2.31. The fourth-order valence-electron chi connectivity index (χ4n) is 3.29. The fraction of sp³-hybridized carbons (Fsp3) is 0.867. The maximum Gasteiger partial charge on any atom is 0.234 e. The number of amides is 1. The Morgan fingerprint density at radius 3 is 2.48 bits per heavy atom. The van der Waals surface area contributed by atoms with Crippen LogP contribution in [0.2, 0.25) is 0 Å². The number of hydrogen-bond donors (Lipinski definition) is 3. The summed E-state index contributed by atoms with van der Waals surface area (Å²) in [7, 11) is 2.08. The van der Waals surface area contributed by atoms with Crippen LogP contribution in [0, 0.1) is 5.41 Å². The third-order valence-electron chi connectivity index (χ3n) is 4.56. The monoisotopic (exact) mass is 298 g/mol. The summed E-state index contributed by atoms with van der Waals surface area (Å²) in [5.74, 6) is -0.0784. The number of oxime groups is 1. The second-order valence-corrected chi connectivity index (χ2v) is 6.05. The molecule has 0 bridgehead atoms. The molecule has 0 saturated carbocycles. The Kier molecular flexibility index (Phi) is 6.95. The smallest absolute Gasteiger partial charge is 0.234 e. The van der Waals surface area contributed by atoms with E-state index in [0.717, 1.165) is 25.8 Å². The van der Waals surface area contributed by atoms with Crippen molar-refractivity contribution < 1.29 is 10.0 Å². The van der Waals surface area contributed by atoms with Crippen LogP contribution in [0.25, 0.3) is 0 Å². The lowest BCUT2D eigenvalue weighted by molar-refractivity contribution is -0.128. The molecule has 122 valence electrons. The molecule has 1 saturated heterocycles. The van der Waals surface area contributed by atoms with Crippen LogP contribution in [0.4, 0.5) is 0 Å².